The van der Waals surface area contributed by atoms with E-state index < -0.39 is 0 Å². The minimum Gasteiger partial charge on any atom is -0.357 e. The highest BCUT2D eigenvalue weighted by molar-refractivity contribution is 5.73. The molecule has 0 atom stereocenters. The number of aromatic nitrogens is 3. The predicted octanol–water partition coefficient (Wildman–Crippen LogP) is 4.71. The smallest absolute Gasteiger partial charge is 0.162 e. The lowest BCUT2D eigenvalue weighted by Gasteiger charge is -2.26. The summed E-state index contributed by atoms with van der Waals surface area (Å²) in [6, 6.07) is 4.29. The maximum atomic E-state index is 5.02. The van der Waals surface area contributed by atoms with Crippen LogP contribution in [-0.4, -0.2) is 52.2 Å². The van der Waals surface area contributed by atoms with Gasteiger partial charge in [0.25, 0.3) is 0 Å². The molecule has 2 aromatic rings. The number of hydrogen-bond acceptors (Lipinski definition) is 4. The molecule has 0 bridgehead atoms. The second-order valence-electron chi connectivity index (χ2n) is 7.90. The molecule has 0 aliphatic carbocycles. The van der Waals surface area contributed by atoms with Crippen LogP contribution in [0.3, 0.4) is 0 Å². The Balaban J connectivity index is 1.66. The van der Waals surface area contributed by atoms with Gasteiger partial charge in [0.1, 0.15) is 11.3 Å². The average Bonchev–Trinajstić information content (AvgIpc) is 3.11. The first-order valence-corrected chi connectivity index (χ1v) is 11.1. The number of imidazole rings is 1. The summed E-state index contributed by atoms with van der Waals surface area (Å²) in [5.74, 6) is 1.11. The number of piperidine rings is 1. The summed E-state index contributed by atoms with van der Waals surface area (Å²) in [5, 5.41) is 0. The number of anilines is 1. The highest BCUT2D eigenvalue weighted by atomic mass is 15.2. The monoisotopic (exact) mass is 371 g/mol. The first kappa shape index (κ1) is 20.1. The number of rotatable bonds is 11. The maximum Gasteiger partial charge on any atom is 0.162 e. The van der Waals surface area contributed by atoms with Crippen LogP contribution in [0.2, 0.25) is 0 Å². The molecule has 0 radical (unpaired) electrons. The molecule has 0 amide bonds. The minimum atomic E-state index is 1.01. The Labute approximate surface area is 164 Å². The van der Waals surface area contributed by atoms with E-state index in [1.165, 1.54) is 71.0 Å². The van der Waals surface area contributed by atoms with Gasteiger partial charge in [-0.3, -0.25) is 0 Å². The maximum absolute atomic E-state index is 5.02. The van der Waals surface area contributed by atoms with Crippen molar-refractivity contribution in [3.63, 3.8) is 0 Å². The molecule has 2 aromatic heterocycles. The zero-order valence-corrected chi connectivity index (χ0v) is 17.4. The van der Waals surface area contributed by atoms with Crippen molar-refractivity contribution in [3.8, 4) is 0 Å². The number of aryl methyl sites for hydroxylation is 1. The van der Waals surface area contributed by atoms with Crippen LogP contribution < -0.4 is 4.90 Å². The van der Waals surface area contributed by atoms with Crippen LogP contribution in [0.4, 0.5) is 5.82 Å². The van der Waals surface area contributed by atoms with Crippen LogP contribution >= 0.6 is 0 Å². The Bertz CT molecular complexity index is 666. The van der Waals surface area contributed by atoms with Gasteiger partial charge >= 0.3 is 0 Å². The van der Waals surface area contributed by atoms with Gasteiger partial charge in [-0.2, -0.15) is 0 Å². The quantitative estimate of drug-likeness (QED) is 0.573. The SMILES string of the molecule is CCCCN(CCCC)c1ccc2ncn(CCCN3CCCCC3)c2n1. The Hall–Kier alpha value is -1.62. The van der Waals surface area contributed by atoms with Crippen molar-refractivity contribution in [2.75, 3.05) is 37.6 Å². The van der Waals surface area contributed by atoms with E-state index >= 15 is 0 Å². The first-order valence-electron chi connectivity index (χ1n) is 11.1. The molecule has 1 fully saturated rings. The van der Waals surface area contributed by atoms with Gasteiger partial charge < -0.3 is 14.4 Å². The molecule has 0 spiro atoms. The normalized spacial score (nSPS) is 15.5. The lowest BCUT2D eigenvalue weighted by Crippen LogP contribution is -2.31. The molecule has 3 rings (SSSR count). The van der Waals surface area contributed by atoms with Gasteiger partial charge in [0.2, 0.25) is 0 Å². The van der Waals surface area contributed by atoms with Gasteiger partial charge in [0, 0.05) is 19.6 Å². The number of unbranched alkanes of at least 4 members (excludes halogenated alkanes) is 2. The fraction of sp³-hybridized carbons (Fsp3) is 0.727. The number of likely N-dealkylation sites (tertiary alicyclic amines) is 1. The molecule has 0 aromatic carbocycles. The van der Waals surface area contributed by atoms with Crippen LogP contribution in [0.5, 0.6) is 0 Å². The zero-order chi connectivity index (χ0) is 18.9. The van der Waals surface area contributed by atoms with Crippen molar-refractivity contribution in [3.05, 3.63) is 18.5 Å². The van der Waals surface area contributed by atoms with E-state index in [1.807, 2.05) is 6.33 Å². The second kappa shape index (κ2) is 10.6. The molecule has 0 N–H and O–H groups in total. The molecule has 1 aliphatic heterocycles. The fourth-order valence-corrected chi connectivity index (χ4v) is 3.96. The third-order valence-electron chi connectivity index (χ3n) is 5.66. The Morgan fingerprint density at radius 3 is 2.37 bits per heavy atom. The van der Waals surface area contributed by atoms with Crippen LogP contribution in [0.15, 0.2) is 18.5 Å². The lowest BCUT2D eigenvalue weighted by molar-refractivity contribution is 0.223. The van der Waals surface area contributed by atoms with Crippen LogP contribution in [0, 0.1) is 0 Å². The molecule has 27 heavy (non-hydrogen) atoms. The van der Waals surface area contributed by atoms with E-state index in [2.05, 4.69) is 45.3 Å². The molecule has 5 nitrogen and oxygen atoms in total. The standard InChI is InChI=1S/C22H37N5/c1-3-5-16-26(17-6-4-2)21-12-11-20-22(24-21)27(19-23-20)18-10-15-25-13-8-7-9-14-25/h11-12,19H,3-10,13-18H2,1-2H3. The Kier molecular flexibility index (Phi) is 7.93. The summed E-state index contributed by atoms with van der Waals surface area (Å²) in [7, 11) is 0. The van der Waals surface area contributed by atoms with E-state index in [0.717, 1.165) is 36.6 Å². The molecule has 1 saturated heterocycles. The Morgan fingerprint density at radius 1 is 0.926 bits per heavy atom. The molecule has 5 heteroatoms. The van der Waals surface area contributed by atoms with E-state index in [1.54, 1.807) is 0 Å². The van der Waals surface area contributed by atoms with Crippen molar-refractivity contribution < 1.29 is 0 Å². The largest absolute Gasteiger partial charge is 0.357 e. The zero-order valence-electron chi connectivity index (χ0n) is 17.4. The van der Waals surface area contributed by atoms with Crippen LogP contribution in [-0.2, 0) is 6.54 Å². The lowest BCUT2D eigenvalue weighted by atomic mass is 10.1. The minimum absolute atomic E-state index is 1.01. The summed E-state index contributed by atoms with van der Waals surface area (Å²) in [4.78, 5) is 14.7. The predicted molar refractivity (Wildman–Crippen MR) is 114 cm³/mol. The van der Waals surface area contributed by atoms with E-state index in [9.17, 15) is 0 Å². The summed E-state index contributed by atoms with van der Waals surface area (Å²) < 4.78 is 2.25. The summed E-state index contributed by atoms with van der Waals surface area (Å²) in [6.07, 6.45) is 12.2. The van der Waals surface area contributed by atoms with Crippen LogP contribution in [0.1, 0.15) is 65.2 Å². The van der Waals surface area contributed by atoms with Crippen LogP contribution in [0.25, 0.3) is 11.2 Å². The van der Waals surface area contributed by atoms with Gasteiger partial charge in [-0.05, 0) is 63.9 Å². The number of fused-ring (bicyclic) bond motifs is 1. The highest BCUT2D eigenvalue weighted by Crippen LogP contribution is 2.19. The van der Waals surface area contributed by atoms with Gasteiger partial charge in [-0.15, -0.1) is 0 Å². The van der Waals surface area contributed by atoms with Gasteiger partial charge in [-0.25, -0.2) is 9.97 Å². The summed E-state index contributed by atoms with van der Waals surface area (Å²) in [6.45, 7) is 11.5. The fourth-order valence-electron chi connectivity index (χ4n) is 3.96. The van der Waals surface area contributed by atoms with E-state index in [0.29, 0.717) is 0 Å². The molecule has 0 unspecified atom stereocenters. The summed E-state index contributed by atoms with van der Waals surface area (Å²) in [5.41, 5.74) is 2.06. The highest BCUT2D eigenvalue weighted by Gasteiger charge is 2.12. The molecule has 150 valence electrons. The van der Waals surface area contributed by atoms with Gasteiger partial charge in [-0.1, -0.05) is 33.1 Å². The second-order valence-corrected chi connectivity index (χ2v) is 7.90. The van der Waals surface area contributed by atoms with Gasteiger partial charge in [0.15, 0.2) is 5.65 Å². The third kappa shape index (κ3) is 5.68. The van der Waals surface area contributed by atoms with E-state index in [-0.39, 0.29) is 0 Å². The molecular formula is C22H37N5. The first-order chi connectivity index (χ1) is 13.3. The van der Waals surface area contributed by atoms with Crippen molar-refractivity contribution in [1.29, 1.82) is 0 Å². The number of pyridine rings is 1. The molecule has 3 heterocycles. The molecule has 1 aliphatic rings. The van der Waals surface area contributed by atoms with Crippen molar-refractivity contribution in [2.45, 2.75) is 71.8 Å². The number of hydrogen-bond donors (Lipinski definition) is 0. The topological polar surface area (TPSA) is 37.2 Å². The molecule has 0 saturated carbocycles. The van der Waals surface area contributed by atoms with Gasteiger partial charge in [0.05, 0.1) is 6.33 Å². The van der Waals surface area contributed by atoms with Crippen molar-refractivity contribution in [1.82, 2.24) is 19.4 Å². The van der Waals surface area contributed by atoms with Crippen molar-refractivity contribution in [2.24, 2.45) is 0 Å². The summed E-state index contributed by atoms with van der Waals surface area (Å²) >= 11 is 0. The third-order valence-corrected chi connectivity index (χ3v) is 5.66. The number of nitrogens with zero attached hydrogens (tertiary/aromatic N) is 5. The van der Waals surface area contributed by atoms with E-state index in [4.69, 9.17) is 4.98 Å². The molecular weight excluding hydrogens is 334 g/mol. The van der Waals surface area contributed by atoms with Crippen molar-refractivity contribution >= 4 is 17.0 Å². The Morgan fingerprint density at radius 2 is 1.67 bits per heavy atom. The average molecular weight is 372 g/mol.